The van der Waals surface area contributed by atoms with E-state index in [1.807, 2.05) is 11.8 Å². The molecular weight excluding hydrogens is 675 g/mol. The van der Waals surface area contributed by atoms with Crippen LogP contribution in [0.4, 0.5) is 41.4 Å². The molecule has 6 nitrogen and oxygen atoms in total. The second-order valence-corrected chi connectivity index (χ2v) is 13.7. The normalized spacial score (nSPS) is 17.1. The Bertz CT molecular complexity index is 1730. The van der Waals surface area contributed by atoms with Crippen LogP contribution in [0, 0.1) is 35.9 Å². The zero-order valence-corrected chi connectivity index (χ0v) is 28.4. The molecule has 0 bridgehead atoms. The number of thiophene rings is 1. The number of ether oxygens (including phenoxy) is 1. The van der Waals surface area contributed by atoms with Gasteiger partial charge < -0.3 is 15.0 Å². The molecule has 2 unspecified atom stereocenters. The van der Waals surface area contributed by atoms with E-state index in [4.69, 9.17) is 4.74 Å². The van der Waals surface area contributed by atoms with Gasteiger partial charge in [-0.2, -0.15) is 31.6 Å². The Hall–Kier alpha value is -4.12. The molecule has 2 atom stereocenters. The van der Waals surface area contributed by atoms with Gasteiger partial charge in [0.1, 0.15) is 22.5 Å². The summed E-state index contributed by atoms with van der Waals surface area (Å²) in [6.45, 7) is 8.64. The van der Waals surface area contributed by atoms with Crippen LogP contribution < -0.4 is 10.2 Å². The number of Topliss-reactive ketones (excluding diaryl/α,β-unsaturated/α-hetero) is 1. The molecule has 0 amide bonds. The van der Waals surface area contributed by atoms with Gasteiger partial charge >= 0.3 is 18.3 Å². The van der Waals surface area contributed by atoms with E-state index < -0.39 is 52.6 Å². The number of ketones is 1. The van der Waals surface area contributed by atoms with Gasteiger partial charge in [0.2, 0.25) is 0 Å². The lowest BCUT2D eigenvalue weighted by atomic mass is 9.79. The van der Waals surface area contributed by atoms with Crippen LogP contribution in [0.5, 0.6) is 0 Å². The largest absolute Gasteiger partial charge is 0.466 e. The van der Waals surface area contributed by atoms with Crippen LogP contribution >= 0.6 is 11.3 Å². The van der Waals surface area contributed by atoms with E-state index in [0.717, 1.165) is 0 Å². The molecule has 4 rings (SSSR count). The molecule has 0 spiro atoms. The number of piperidine rings is 1. The van der Waals surface area contributed by atoms with Crippen molar-refractivity contribution in [2.45, 2.75) is 65.2 Å². The van der Waals surface area contributed by atoms with Crippen LogP contribution in [0.25, 0.3) is 10.4 Å². The summed E-state index contributed by atoms with van der Waals surface area (Å²) >= 11 is 1.25. The fraction of sp³-hybridized carbons (Fsp3) is 0.457. The average molecular weight is 712 g/mol. The zero-order chi connectivity index (χ0) is 36.5. The summed E-state index contributed by atoms with van der Waals surface area (Å²) in [4.78, 5) is 28.3. The summed E-state index contributed by atoms with van der Waals surface area (Å²) in [5, 5.41) is 13.9. The maximum atomic E-state index is 14.1. The van der Waals surface area contributed by atoms with Gasteiger partial charge in [0, 0.05) is 19.5 Å². The van der Waals surface area contributed by atoms with E-state index in [1.165, 1.54) is 43.4 Å². The Kier molecular flexibility index (Phi) is 11.1. The minimum atomic E-state index is -5.09. The third-order valence-corrected chi connectivity index (χ3v) is 10.3. The molecule has 1 N–H and O–H groups in total. The molecule has 2 heterocycles. The van der Waals surface area contributed by atoms with E-state index in [1.54, 1.807) is 13.8 Å². The van der Waals surface area contributed by atoms with E-state index in [-0.39, 0.29) is 48.2 Å². The molecule has 1 aliphatic rings. The molecule has 3 aromatic rings. The summed E-state index contributed by atoms with van der Waals surface area (Å²) in [7, 11) is 0. The fourth-order valence-corrected chi connectivity index (χ4v) is 7.32. The molecule has 14 heteroatoms. The topological polar surface area (TPSA) is 82.4 Å². The Morgan fingerprint density at radius 1 is 1.04 bits per heavy atom. The number of nitrogens with one attached hydrogen (secondary N) is 1. The van der Waals surface area contributed by atoms with Gasteiger partial charge in [-0.25, -0.2) is 4.39 Å². The van der Waals surface area contributed by atoms with Crippen LogP contribution in [0.1, 0.15) is 68.4 Å². The number of carbonyl (C=O) groups excluding carboxylic acids is 2. The number of hydrogen-bond acceptors (Lipinski definition) is 7. The van der Waals surface area contributed by atoms with Gasteiger partial charge in [-0.05, 0) is 93.0 Å². The summed E-state index contributed by atoms with van der Waals surface area (Å²) in [5.41, 5.74) is -3.81. The summed E-state index contributed by atoms with van der Waals surface area (Å²) in [6.07, 6.45) is -9.27. The summed E-state index contributed by atoms with van der Waals surface area (Å²) in [6, 6.07) is 7.38. The van der Waals surface area contributed by atoms with Crippen molar-refractivity contribution in [2.24, 2.45) is 11.8 Å². The van der Waals surface area contributed by atoms with Crippen molar-refractivity contribution in [1.82, 2.24) is 0 Å². The van der Waals surface area contributed by atoms with Gasteiger partial charge in [-0.1, -0.05) is 13.0 Å². The molecule has 264 valence electrons. The predicted octanol–water partition coefficient (Wildman–Crippen LogP) is 9.15. The minimum absolute atomic E-state index is 0.00615. The highest BCUT2D eigenvalue weighted by Gasteiger charge is 2.40. The maximum Gasteiger partial charge on any atom is 0.416 e. The van der Waals surface area contributed by atoms with Crippen molar-refractivity contribution in [3.63, 3.8) is 0 Å². The first-order chi connectivity index (χ1) is 22.8. The van der Waals surface area contributed by atoms with Crippen LogP contribution in [0.3, 0.4) is 0 Å². The van der Waals surface area contributed by atoms with E-state index >= 15 is 0 Å². The SMILES string of the molecule is CCOC(=O)CC1CCN(c2sc(-c3ccc(F)cc3C)c(NCC(=O)C(C)(C)c3cc(C(F)(F)F)cc(C(F)(F)F)c3)c2C#N)CC1C. The molecule has 1 aliphatic heterocycles. The van der Waals surface area contributed by atoms with Crippen molar-refractivity contribution in [1.29, 1.82) is 5.26 Å². The minimum Gasteiger partial charge on any atom is -0.466 e. The first kappa shape index (κ1) is 37.7. The molecule has 0 aliphatic carbocycles. The van der Waals surface area contributed by atoms with Gasteiger partial charge in [0.25, 0.3) is 0 Å². The number of benzene rings is 2. The molecular formula is C35H36F7N3O3S. The van der Waals surface area contributed by atoms with Gasteiger partial charge in [-0.15, -0.1) is 11.3 Å². The van der Waals surface area contributed by atoms with Gasteiger partial charge in [0.15, 0.2) is 5.78 Å². The smallest absolute Gasteiger partial charge is 0.416 e. The van der Waals surface area contributed by atoms with E-state index in [2.05, 4.69) is 11.4 Å². The number of esters is 1. The monoisotopic (exact) mass is 711 g/mol. The van der Waals surface area contributed by atoms with Crippen LogP contribution in [-0.2, 0) is 32.1 Å². The number of anilines is 2. The predicted molar refractivity (Wildman–Crippen MR) is 173 cm³/mol. The molecule has 2 aromatic carbocycles. The van der Waals surface area contributed by atoms with Gasteiger partial charge in [-0.3, -0.25) is 9.59 Å². The molecule has 0 radical (unpaired) electrons. The highest BCUT2D eigenvalue weighted by Crippen LogP contribution is 2.48. The third-order valence-electron chi connectivity index (χ3n) is 8.97. The first-order valence-electron chi connectivity index (χ1n) is 15.6. The number of nitriles is 1. The number of rotatable bonds is 10. The Morgan fingerprint density at radius 3 is 2.18 bits per heavy atom. The van der Waals surface area contributed by atoms with Crippen molar-refractivity contribution in [2.75, 3.05) is 36.5 Å². The highest BCUT2D eigenvalue weighted by atomic mass is 32.1. The molecule has 1 fully saturated rings. The van der Waals surface area contributed by atoms with E-state index in [0.29, 0.717) is 52.6 Å². The van der Waals surface area contributed by atoms with Gasteiger partial charge in [0.05, 0.1) is 40.3 Å². The quantitative estimate of drug-likeness (QED) is 0.167. The number of nitrogens with zero attached hydrogens (tertiary/aromatic N) is 2. The number of halogens is 7. The number of alkyl halides is 6. The Labute approximate surface area is 283 Å². The maximum absolute atomic E-state index is 14.1. The average Bonchev–Trinajstić information content (AvgIpc) is 3.37. The van der Waals surface area contributed by atoms with Crippen LogP contribution in [0.2, 0.25) is 0 Å². The van der Waals surface area contributed by atoms with Crippen LogP contribution in [0.15, 0.2) is 36.4 Å². The summed E-state index contributed by atoms with van der Waals surface area (Å²) < 4.78 is 101. The number of hydrogen-bond donors (Lipinski definition) is 1. The second kappa shape index (κ2) is 14.4. The van der Waals surface area contributed by atoms with Crippen molar-refractivity contribution < 1.29 is 45.1 Å². The lowest BCUT2D eigenvalue weighted by molar-refractivity contribution is -0.145. The third kappa shape index (κ3) is 8.37. The van der Waals surface area contributed by atoms with Crippen molar-refractivity contribution >= 4 is 33.8 Å². The number of aryl methyl sites for hydroxylation is 1. The van der Waals surface area contributed by atoms with Crippen LogP contribution in [-0.4, -0.2) is 38.0 Å². The molecule has 49 heavy (non-hydrogen) atoms. The standard InChI is InChI=1S/C35H36F7N3O3S/c1-6-48-29(47)12-21-9-10-45(18-20(21)3)32-27(16-43)30(31(49-32)26-8-7-25(36)11-19(26)2)44-17-28(46)33(4,5)22-13-23(34(37,38)39)15-24(14-22)35(40,41)42/h7-8,11,13-15,20-21,44H,6,9-10,12,17-18H2,1-5H3. The molecule has 0 saturated carbocycles. The molecule has 1 aromatic heterocycles. The van der Waals surface area contributed by atoms with Crippen molar-refractivity contribution in [3.05, 3.63) is 70.0 Å². The highest BCUT2D eigenvalue weighted by molar-refractivity contribution is 7.20. The lowest BCUT2D eigenvalue weighted by Crippen LogP contribution is -2.40. The number of carbonyl (C=O) groups is 2. The fourth-order valence-electron chi connectivity index (χ4n) is 5.97. The Morgan fingerprint density at radius 2 is 1.65 bits per heavy atom. The Balaban J connectivity index is 1.70. The zero-order valence-electron chi connectivity index (χ0n) is 27.5. The summed E-state index contributed by atoms with van der Waals surface area (Å²) in [5.74, 6) is -1.38. The first-order valence-corrected chi connectivity index (χ1v) is 16.4. The lowest BCUT2D eigenvalue weighted by Gasteiger charge is -2.37. The second-order valence-electron chi connectivity index (χ2n) is 12.7. The van der Waals surface area contributed by atoms with Crippen molar-refractivity contribution in [3.8, 4) is 16.5 Å². The molecule has 1 saturated heterocycles. The van der Waals surface area contributed by atoms with E-state index in [9.17, 15) is 45.6 Å².